The maximum absolute atomic E-state index is 12.5. The van der Waals surface area contributed by atoms with Crippen molar-refractivity contribution in [1.82, 2.24) is 10.3 Å². The van der Waals surface area contributed by atoms with Crippen LogP contribution >= 0.6 is 15.9 Å². The zero-order chi connectivity index (χ0) is 24.3. The smallest absolute Gasteiger partial charge is 0.377 e. The lowest BCUT2D eigenvalue weighted by molar-refractivity contribution is -0.288. The Balaban J connectivity index is 2.07. The fraction of sp³-hybridized carbons (Fsp3) is 0.524. The number of benzene rings is 1. The van der Waals surface area contributed by atoms with E-state index in [0.29, 0.717) is 10.9 Å². The molecule has 0 radical (unpaired) electrons. The average molecular weight is 531 g/mol. The number of methoxy groups -OCH3 is 2. The van der Waals surface area contributed by atoms with Crippen molar-refractivity contribution in [2.45, 2.75) is 49.6 Å². The van der Waals surface area contributed by atoms with Gasteiger partial charge in [0.25, 0.3) is 0 Å². The molecule has 0 aliphatic carbocycles. The molecule has 6 atom stereocenters. The van der Waals surface area contributed by atoms with E-state index in [1.807, 2.05) is 6.07 Å². The predicted octanol–water partition coefficient (Wildman–Crippen LogP) is 0.767. The van der Waals surface area contributed by atoms with Crippen LogP contribution in [0.3, 0.4) is 0 Å². The van der Waals surface area contributed by atoms with Gasteiger partial charge in [0.1, 0.15) is 24.1 Å². The van der Waals surface area contributed by atoms with Crippen molar-refractivity contribution in [2.75, 3.05) is 20.8 Å². The van der Waals surface area contributed by atoms with E-state index in [9.17, 15) is 24.9 Å². The Hall–Kier alpha value is -2.22. The topological polar surface area (TPSA) is 160 Å². The normalized spacial score (nSPS) is 27.2. The summed E-state index contributed by atoms with van der Waals surface area (Å²) in [6.07, 6.45) is -3.53. The Morgan fingerprint density at radius 1 is 1.39 bits per heavy atom. The number of aromatic nitrogens is 1. The lowest BCUT2D eigenvalue weighted by Crippen LogP contribution is -2.69. The van der Waals surface area contributed by atoms with Gasteiger partial charge in [-0.05, 0) is 18.2 Å². The third-order valence-corrected chi connectivity index (χ3v) is 6.09. The van der Waals surface area contributed by atoms with E-state index >= 15 is 0 Å². The molecule has 1 aromatic carbocycles. The first kappa shape index (κ1) is 25.4. The molecule has 1 saturated heterocycles. The monoisotopic (exact) mass is 530 g/mol. The van der Waals surface area contributed by atoms with Crippen LogP contribution in [0.1, 0.15) is 13.3 Å². The van der Waals surface area contributed by atoms with E-state index < -0.39 is 54.7 Å². The summed E-state index contributed by atoms with van der Waals surface area (Å²) in [6.45, 7) is 0.605. The van der Waals surface area contributed by atoms with Crippen LogP contribution in [0.25, 0.3) is 10.9 Å². The number of carbonyl (C=O) groups is 2. The molecular formula is C21H27BrN2O9. The Labute approximate surface area is 198 Å². The average Bonchev–Trinajstić information content (AvgIpc) is 3.16. The molecule has 1 aliphatic heterocycles. The number of carboxylic acid groups (broad SMARTS) is 1. The number of aliphatic hydroxyl groups excluding tert-OH is 2. The second-order valence-corrected chi connectivity index (χ2v) is 8.66. The Bertz CT molecular complexity index is 999. The summed E-state index contributed by atoms with van der Waals surface area (Å²) in [5.41, 5.74) is 0.714. The molecule has 0 saturated carbocycles. The highest BCUT2D eigenvalue weighted by atomic mass is 79.9. The van der Waals surface area contributed by atoms with Gasteiger partial charge in [0, 0.05) is 42.7 Å². The zero-order valence-corrected chi connectivity index (χ0v) is 19.9. The Kier molecular flexibility index (Phi) is 7.98. The van der Waals surface area contributed by atoms with Gasteiger partial charge in [-0.3, -0.25) is 4.79 Å². The standard InChI is InChI=1S/C21H27BrN2O9/c1-10(26)24-17-15(30-2)7-21(20(28)29,33-19(17)18(31-3)14(27)9-25)32-16-8-23-13-5-4-11(22)6-12(13)16/h4-6,8,14-15,17-19,23,25,27H,7,9H2,1-3H3,(H,24,26)(H,28,29)/t14-,15-,17+,18-,19+,21-/m0/s1. The second kappa shape index (κ2) is 10.4. The quantitative estimate of drug-likeness (QED) is 0.315. The fourth-order valence-corrected chi connectivity index (χ4v) is 4.41. The molecule has 3 rings (SSSR count). The van der Waals surface area contributed by atoms with E-state index in [-0.39, 0.29) is 12.2 Å². The van der Waals surface area contributed by atoms with Crippen LogP contribution in [0.2, 0.25) is 0 Å². The predicted molar refractivity (Wildman–Crippen MR) is 119 cm³/mol. The van der Waals surface area contributed by atoms with Crippen molar-refractivity contribution >= 4 is 38.7 Å². The number of ether oxygens (including phenoxy) is 4. The number of carbonyl (C=O) groups excluding carboxylic acids is 1. The minimum Gasteiger partial charge on any atom is -0.476 e. The molecule has 2 aromatic rings. The van der Waals surface area contributed by atoms with Crippen molar-refractivity contribution in [3.63, 3.8) is 0 Å². The number of aromatic amines is 1. The molecule has 182 valence electrons. The molecule has 2 heterocycles. The molecule has 1 aromatic heterocycles. The van der Waals surface area contributed by atoms with Crippen LogP contribution in [0.5, 0.6) is 5.75 Å². The summed E-state index contributed by atoms with van der Waals surface area (Å²) in [5, 5.41) is 33.3. The lowest BCUT2D eigenvalue weighted by atomic mass is 9.88. The van der Waals surface area contributed by atoms with E-state index in [2.05, 4.69) is 26.2 Å². The van der Waals surface area contributed by atoms with E-state index in [1.54, 1.807) is 12.1 Å². The summed E-state index contributed by atoms with van der Waals surface area (Å²) >= 11 is 3.39. The molecule has 12 heteroatoms. The molecule has 0 spiro atoms. The second-order valence-electron chi connectivity index (χ2n) is 7.74. The van der Waals surface area contributed by atoms with Gasteiger partial charge in [0.15, 0.2) is 0 Å². The van der Waals surface area contributed by atoms with Gasteiger partial charge in [-0.1, -0.05) is 15.9 Å². The summed E-state index contributed by atoms with van der Waals surface area (Å²) < 4.78 is 23.6. The molecule has 0 bridgehead atoms. The molecule has 1 aliphatic rings. The van der Waals surface area contributed by atoms with E-state index in [1.165, 1.54) is 27.3 Å². The molecule has 0 unspecified atom stereocenters. The third-order valence-electron chi connectivity index (χ3n) is 5.59. The van der Waals surface area contributed by atoms with Crippen molar-refractivity contribution < 1.29 is 43.9 Å². The lowest BCUT2D eigenvalue weighted by Gasteiger charge is -2.48. The molecule has 1 fully saturated rings. The minimum absolute atomic E-state index is 0.219. The van der Waals surface area contributed by atoms with Crippen molar-refractivity contribution in [1.29, 1.82) is 0 Å². The number of amides is 1. The first-order valence-electron chi connectivity index (χ1n) is 10.1. The number of aliphatic carboxylic acids is 1. The number of halogens is 1. The van der Waals surface area contributed by atoms with Gasteiger partial charge in [-0.2, -0.15) is 0 Å². The SMILES string of the molecule is CO[C@H]([C@@H]1O[C@](Oc2c[nH]c3ccc(Br)cc23)(C(=O)O)C[C@H](OC)[C@H]1NC(C)=O)[C@@H](O)CO. The number of hydrogen-bond donors (Lipinski definition) is 5. The number of H-pyrrole nitrogens is 1. The molecule has 1 amide bonds. The highest BCUT2D eigenvalue weighted by Crippen LogP contribution is 2.38. The number of hydrogen-bond acceptors (Lipinski definition) is 8. The van der Waals surface area contributed by atoms with Gasteiger partial charge in [-0.15, -0.1) is 0 Å². The molecule has 5 N–H and O–H groups in total. The van der Waals surface area contributed by atoms with Crippen LogP contribution in [0.15, 0.2) is 28.9 Å². The largest absolute Gasteiger partial charge is 0.476 e. The Morgan fingerprint density at radius 3 is 2.70 bits per heavy atom. The van der Waals surface area contributed by atoms with Gasteiger partial charge in [-0.25, -0.2) is 4.79 Å². The minimum atomic E-state index is -2.25. The van der Waals surface area contributed by atoms with Crippen LogP contribution in [0.4, 0.5) is 0 Å². The maximum atomic E-state index is 12.5. The van der Waals surface area contributed by atoms with Crippen LogP contribution in [-0.4, -0.2) is 89.3 Å². The van der Waals surface area contributed by atoms with Crippen molar-refractivity contribution in [2.24, 2.45) is 0 Å². The first-order valence-corrected chi connectivity index (χ1v) is 10.9. The first-order chi connectivity index (χ1) is 15.7. The number of aliphatic hydroxyl groups is 2. The van der Waals surface area contributed by atoms with Crippen LogP contribution in [-0.2, 0) is 23.8 Å². The molecule has 33 heavy (non-hydrogen) atoms. The van der Waals surface area contributed by atoms with Gasteiger partial charge in [0.2, 0.25) is 5.91 Å². The van der Waals surface area contributed by atoms with Gasteiger partial charge >= 0.3 is 11.8 Å². The molecular weight excluding hydrogens is 504 g/mol. The highest BCUT2D eigenvalue weighted by molar-refractivity contribution is 9.10. The van der Waals surface area contributed by atoms with E-state index in [0.717, 1.165) is 4.47 Å². The maximum Gasteiger partial charge on any atom is 0.377 e. The fourth-order valence-electron chi connectivity index (χ4n) is 4.05. The number of nitrogens with one attached hydrogen (secondary N) is 2. The van der Waals surface area contributed by atoms with Crippen molar-refractivity contribution in [3.8, 4) is 5.75 Å². The summed E-state index contributed by atoms with van der Waals surface area (Å²) in [7, 11) is 2.64. The van der Waals surface area contributed by atoms with Crippen LogP contribution in [0, 0.1) is 0 Å². The summed E-state index contributed by atoms with van der Waals surface area (Å²) in [5.74, 6) is -3.89. The third kappa shape index (κ3) is 5.15. The highest BCUT2D eigenvalue weighted by Gasteiger charge is 2.57. The zero-order valence-electron chi connectivity index (χ0n) is 18.3. The summed E-state index contributed by atoms with van der Waals surface area (Å²) in [4.78, 5) is 27.4. The van der Waals surface area contributed by atoms with Gasteiger partial charge in [0.05, 0.1) is 25.2 Å². The number of carboxylic acids is 1. The van der Waals surface area contributed by atoms with Gasteiger partial charge < -0.3 is 44.6 Å². The molecule has 11 nitrogen and oxygen atoms in total. The van der Waals surface area contributed by atoms with Crippen molar-refractivity contribution in [3.05, 3.63) is 28.9 Å². The number of fused-ring (bicyclic) bond motifs is 1. The Morgan fingerprint density at radius 2 is 2.12 bits per heavy atom. The van der Waals surface area contributed by atoms with E-state index in [4.69, 9.17) is 18.9 Å². The van der Waals surface area contributed by atoms with Crippen LogP contribution < -0.4 is 10.1 Å². The number of rotatable bonds is 9. The summed E-state index contributed by atoms with van der Waals surface area (Å²) in [6, 6.07) is 4.49.